The molecule has 118 valence electrons. The molecule has 1 saturated heterocycles. The van der Waals surface area contributed by atoms with Crippen LogP contribution in [0.5, 0.6) is 0 Å². The number of likely N-dealkylation sites (tertiary alicyclic amines) is 1. The fraction of sp³-hybridized carbons (Fsp3) is 0.562. The second kappa shape index (κ2) is 9.25. The van der Waals surface area contributed by atoms with Gasteiger partial charge in [-0.3, -0.25) is 4.99 Å². The first-order chi connectivity index (χ1) is 9.65. The summed E-state index contributed by atoms with van der Waals surface area (Å²) in [4.78, 5) is 6.88. The molecule has 0 aromatic heterocycles. The monoisotopic (exact) mass is 402 g/mol. The number of hydrogen-bond acceptors (Lipinski definition) is 2. The molecule has 0 unspecified atom stereocenters. The summed E-state index contributed by atoms with van der Waals surface area (Å²) in [7, 11) is 0. The van der Waals surface area contributed by atoms with Gasteiger partial charge in [0.1, 0.15) is 0 Å². The molecule has 1 aromatic rings. The van der Waals surface area contributed by atoms with Crippen molar-refractivity contribution >= 4 is 35.6 Å². The number of aryl methyl sites for hydroxylation is 2. The number of nitrogens with one attached hydrogen (secondary N) is 1. The summed E-state index contributed by atoms with van der Waals surface area (Å²) < 4.78 is 0. The van der Waals surface area contributed by atoms with Crippen LogP contribution >= 0.6 is 24.0 Å². The summed E-state index contributed by atoms with van der Waals surface area (Å²) >= 11 is 0. The Morgan fingerprint density at radius 2 is 1.90 bits per heavy atom. The van der Waals surface area contributed by atoms with E-state index in [1.165, 1.54) is 43.5 Å². The normalized spacial score (nSPS) is 16.4. The Morgan fingerprint density at radius 1 is 1.19 bits per heavy atom. The first kappa shape index (κ1) is 18.2. The zero-order chi connectivity index (χ0) is 14.4. The van der Waals surface area contributed by atoms with Gasteiger partial charge >= 0.3 is 0 Å². The van der Waals surface area contributed by atoms with Crippen molar-refractivity contribution in [2.45, 2.75) is 33.1 Å². The van der Waals surface area contributed by atoms with Crippen molar-refractivity contribution in [2.75, 3.05) is 31.5 Å². The molecule has 0 spiro atoms. The lowest BCUT2D eigenvalue weighted by molar-refractivity contribution is 0.235. The van der Waals surface area contributed by atoms with Crippen LogP contribution in [0.2, 0.25) is 0 Å². The molecule has 0 amide bonds. The number of guanidine groups is 1. The van der Waals surface area contributed by atoms with Gasteiger partial charge in [0, 0.05) is 12.2 Å². The maximum atomic E-state index is 5.93. The van der Waals surface area contributed by atoms with Gasteiger partial charge in [-0.05, 0) is 63.0 Å². The first-order valence-corrected chi connectivity index (χ1v) is 7.52. The fourth-order valence-corrected chi connectivity index (χ4v) is 2.50. The van der Waals surface area contributed by atoms with Crippen LogP contribution in [-0.2, 0) is 0 Å². The Hall–Kier alpha value is -0.820. The summed E-state index contributed by atoms with van der Waals surface area (Å²) in [6.45, 7) is 8.40. The van der Waals surface area contributed by atoms with Gasteiger partial charge < -0.3 is 16.0 Å². The lowest BCUT2D eigenvalue weighted by Gasteiger charge is -2.25. The number of piperidine rings is 1. The highest BCUT2D eigenvalue weighted by Gasteiger charge is 2.08. The van der Waals surface area contributed by atoms with Crippen molar-refractivity contribution in [1.82, 2.24) is 4.90 Å². The number of benzene rings is 1. The quantitative estimate of drug-likeness (QED) is 0.462. The van der Waals surface area contributed by atoms with E-state index in [0.717, 1.165) is 18.8 Å². The van der Waals surface area contributed by atoms with Crippen molar-refractivity contribution < 1.29 is 0 Å². The summed E-state index contributed by atoms with van der Waals surface area (Å²) in [6, 6.07) is 6.23. The summed E-state index contributed by atoms with van der Waals surface area (Å²) in [5, 5.41) is 3.16. The first-order valence-electron chi connectivity index (χ1n) is 7.52. The number of nitrogens with two attached hydrogens (primary N) is 1. The van der Waals surface area contributed by atoms with Gasteiger partial charge in [-0.1, -0.05) is 12.5 Å². The van der Waals surface area contributed by atoms with E-state index in [0.29, 0.717) is 5.96 Å². The molecule has 1 aromatic carbocycles. The predicted molar refractivity (Wildman–Crippen MR) is 102 cm³/mol. The lowest BCUT2D eigenvalue weighted by atomic mass is 10.1. The average molecular weight is 402 g/mol. The zero-order valence-corrected chi connectivity index (χ0v) is 15.4. The van der Waals surface area contributed by atoms with E-state index in [-0.39, 0.29) is 24.0 Å². The topological polar surface area (TPSA) is 53.6 Å². The van der Waals surface area contributed by atoms with Crippen molar-refractivity contribution in [3.05, 3.63) is 29.3 Å². The molecule has 5 heteroatoms. The number of hydrogen-bond donors (Lipinski definition) is 2. The molecular formula is C16H27IN4. The molecule has 0 aliphatic carbocycles. The summed E-state index contributed by atoms with van der Waals surface area (Å²) in [5.74, 6) is 0.505. The third kappa shape index (κ3) is 6.22. The van der Waals surface area contributed by atoms with E-state index in [2.05, 4.69) is 41.2 Å². The van der Waals surface area contributed by atoms with Crippen LogP contribution in [0.3, 0.4) is 0 Å². The van der Waals surface area contributed by atoms with Crippen molar-refractivity contribution in [1.29, 1.82) is 0 Å². The van der Waals surface area contributed by atoms with E-state index in [4.69, 9.17) is 5.73 Å². The largest absolute Gasteiger partial charge is 0.370 e. The lowest BCUT2D eigenvalue weighted by Crippen LogP contribution is -2.32. The molecule has 0 saturated carbocycles. The molecule has 2 rings (SSSR count). The molecule has 0 atom stereocenters. The highest BCUT2D eigenvalue weighted by molar-refractivity contribution is 14.0. The van der Waals surface area contributed by atoms with Gasteiger partial charge in [-0.15, -0.1) is 24.0 Å². The van der Waals surface area contributed by atoms with Gasteiger partial charge in [-0.2, -0.15) is 0 Å². The minimum absolute atomic E-state index is 0. The standard InChI is InChI=1S/C16H26N4.HI/c1-13-6-7-15(12-14(13)2)19-16(17)18-8-11-20-9-4-3-5-10-20;/h6-7,12H,3-5,8-11H2,1-2H3,(H3,17,18,19);1H. The van der Waals surface area contributed by atoms with Crippen molar-refractivity contribution in [2.24, 2.45) is 10.7 Å². The Bertz CT molecular complexity index is 467. The van der Waals surface area contributed by atoms with E-state index < -0.39 is 0 Å². The van der Waals surface area contributed by atoms with Crippen LogP contribution in [0.25, 0.3) is 0 Å². The van der Waals surface area contributed by atoms with Crippen LogP contribution in [0.1, 0.15) is 30.4 Å². The third-order valence-electron chi connectivity index (χ3n) is 3.93. The minimum atomic E-state index is 0. The molecule has 1 aliphatic rings. The van der Waals surface area contributed by atoms with Crippen LogP contribution < -0.4 is 11.1 Å². The predicted octanol–water partition coefficient (Wildman–Crippen LogP) is 3.13. The number of halogens is 1. The van der Waals surface area contributed by atoms with Gasteiger partial charge in [0.15, 0.2) is 5.96 Å². The van der Waals surface area contributed by atoms with Gasteiger partial charge in [0.25, 0.3) is 0 Å². The van der Waals surface area contributed by atoms with Crippen LogP contribution in [0.15, 0.2) is 23.2 Å². The summed E-state index contributed by atoms with van der Waals surface area (Å²) in [5.41, 5.74) is 9.49. The minimum Gasteiger partial charge on any atom is -0.370 e. The molecule has 3 N–H and O–H groups in total. The van der Waals surface area contributed by atoms with Gasteiger partial charge in [-0.25, -0.2) is 0 Å². The number of rotatable bonds is 4. The number of anilines is 1. The van der Waals surface area contributed by atoms with Gasteiger partial charge in [0.05, 0.1) is 6.54 Å². The summed E-state index contributed by atoms with van der Waals surface area (Å²) in [6.07, 6.45) is 4.01. The maximum Gasteiger partial charge on any atom is 0.193 e. The molecule has 1 fully saturated rings. The molecule has 1 aliphatic heterocycles. The van der Waals surface area contributed by atoms with Crippen LogP contribution in [0, 0.1) is 13.8 Å². The average Bonchev–Trinajstić information content (AvgIpc) is 2.44. The zero-order valence-electron chi connectivity index (χ0n) is 13.1. The van der Waals surface area contributed by atoms with Crippen LogP contribution in [0.4, 0.5) is 5.69 Å². The van der Waals surface area contributed by atoms with Crippen molar-refractivity contribution in [3.8, 4) is 0 Å². The smallest absolute Gasteiger partial charge is 0.193 e. The molecule has 21 heavy (non-hydrogen) atoms. The van der Waals surface area contributed by atoms with Crippen molar-refractivity contribution in [3.63, 3.8) is 0 Å². The fourth-order valence-electron chi connectivity index (χ4n) is 2.50. The van der Waals surface area contributed by atoms with Gasteiger partial charge in [0.2, 0.25) is 0 Å². The Kier molecular flexibility index (Phi) is 8.03. The highest BCUT2D eigenvalue weighted by Crippen LogP contribution is 2.13. The molecule has 1 heterocycles. The second-order valence-corrected chi connectivity index (χ2v) is 5.59. The molecule has 0 radical (unpaired) electrons. The van der Waals surface area contributed by atoms with E-state index >= 15 is 0 Å². The Labute approximate surface area is 145 Å². The number of aliphatic imine (C=N–C) groups is 1. The third-order valence-corrected chi connectivity index (χ3v) is 3.93. The number of nitrogens with zero attached hydrogens (tertiary/aromatic N) is 2. The molecular weight excluding hydrogens is 375 g/mol. The Morgan fingerprint density at radius 3 is 2.57 bits per heavy atom. The Balaban J connectivity index is 0.00000220. The highest BCUT2D eigenvalue weighted by atomic mass is 127. The van der Waals surface area contributed by atoms with E-state index in [9.17, 15) is 0 Å². The van der Waals surface area contributed by atoms with E-state index in [1.807, 2.05) is 6.07 Å². The van der Waals surface area contributed by atoms with E-state index in [1.54, 1.807) is 0 Å². The van der Waals surface area contributed by atoms with Crippen LogP contribution in [-0.4, -0.2) is 37.0 Å². The second-order valence-electron chi connectivity index (χ2n) is 5.59. The molecule has 4 nitrogen and oxygen atoms in total. The molecule has 0 bridgehead atoms. The maximum absolute atomic E-state index is 5.93. The SMILES string of the molecule is Cc1ccc(NC(N)=NCCN2CCCCC2)cc1C.I.